The number of fused-ring (bicyclic) bond motifs is 1. The van der Waals surface area contributed by atoms with E-state index in [1.54, 1.807) is 17.0 Å². The molecule has 2 saturated heterocycles. The van der Waals surface area contributed by atoms with Crippen molar-refractivity contribution in [2.75, 3.05) is 31.1 Å². The molecule has 0 spiro atoms. The summed E-state index contributed by atoms with van der Waals surface area (Å²) in [6, 6.07) is 11.9. The lowest BCUT2D eigenvalue weighted by Crippen LogP contribution is -2.50. The molecule has 3 aliphatic heterocycles. The predicted molar refractivity (Wildman–Crippen MR) is 151 cm³/mol. The van der Waals surface area contributed by atoms with Crippen molar-refractivity contribution in [3.05, 3.63) is 87.1 Å². The number of nitrogens with zero attached hydrogens (tertiary/aromatic N) is 3. The highest BCUT2D eigenvalue weighted by molar-refractivity contribution is 7.07. The summed E-state index contributed by atoms with van der Waals surface area (Å²) in [4.78, 5) is 45.1. The second-order valence-corrected chi connectivity index (χ2v) is 12.0. The molecule has 0 saturated carbocycles. The minimum absolute atomic E-state index is 0.0696. The molecular weight excluding hydrogens is 567 g/mol. The van der Waals surface area contributed by atoms with E-state index in [2.05, 4.69) is 0 Å². The number of rotatable bonds is 5. The molecule has 1 atom stereocenters. The molecule has 3 aromatic rings. The normalized spacial score (nSPS) is 20.7. The fraction of sp³-hybridized carbons (Fsp3) is 0.387. The van der Waals surface area contributed by atoms with Crippen LogP contribution in [0.3, 0.4) is 0 Å². The smallest absolute Gasteiger partial charge is 0.385 e. The molecule has 0 aliphatic carbocycles. The van der Waals surface area contributed by atoms with Gasteiger partial charge in [0.1, 0.15) is 0 Å². The molecule has 1 N–H and O–H groups in total. The molecule has 42 heavy (non-hydrogen) atoms. The van der Waals surface area contributed by atoms with Crippen molar-refractivity contribution in [2.45, 2.75) is 44.0 Å². The number of aliphatic hydroxyl groups is 1. The van der Waals surface area contributed by atoms with Crippen LogP contribution in [0.5, 0.6) is 0 Å². The van der Waals surface area contributed by atoms with Crippen LogP contribution in [0.4, 0.5) is 18.9 Å². The molecule has 3 amide bonds. The number of carbonyl (C=O) groups is 3. The first-order chi connectivity index (χ1) is 20.0. The number of hydrogen-bond donors (Lipinski definition) is 1. The number of anilines is 1. The summed E-state index contributed by atoms with van der Waals surface area (Å²) >= 11 is 1.50. The summed E-state index contributed by atoms with van der Waals surface area (Å²) in [6.07, 6.45) is -2.84. The Morgan fingerprint density at radius 1 is 1.02 bits per heavy atom. The maximum absolute atomic E-state index is 13.6. The van der Waals surface area contributed by atoms with Gasteiger partial charge >= 0.3 is 6.18 Å². The lowest BCUT2D eigenvalue weighted by atomic mass is 9.83. The topological polar surface area (TPSA) is 81.2 Å². The molecule has 0 bridgehead atoms. The Morgan fingerprint density at radius 2 is 1.79 bits per heavy atom. The van der Waals surface area contributed by atoms with E-state index in [0.29, 0.717) is 36.3 Å². The van der Waals surface area contributed by atoms with Gasteiger partial charge < -0.3 is 14.9 Å². The van der Waals surface area contributed by atoms with Crippen molar-refractivity contribution in [3.8, 4) is 0 Å². The molecule has 0 radical (unpaired) electrons. The van der Waals surface area contributed by atoms with Crippen molar-refractivity contribution in [3.63, 3.8) is 0 Å². The number of likely N-dealkylation sites (tertiary alicyclic amines) is 1. The Hall–Kier alpha value is -3.70. The third-order valence-corrected chi connectivity index (χ3v) is 9.37. The second kappa shape index (κ2) is 10.9. The number of thiophene rings is 1. The number of piperidine rings is 2. The van der Waals surface area contributed by atoms with Gasteiger partial charge in [-0.15, -0.1) is 0 Å². The molecule has 6 rings (SSSR count). The van der Waals surface area contributed by atoms with Gasteiger partial charge in [0.15, 0.2) is 0 Å². The van der Waals surface area contributed by atoms with Crippen LogP contribution in [-0.2, 0) is 23.1 Å². The highest BCUT2D eigenvalue weighted by Crippen LogP contribution is 2.38. The van der Waals surface area contributed by atoms with E-state index in [1.807, 2.05) is 27.8 Å². The third-order valence-electron chi connectivity index (χ3n) is 8.64. The molecule has 2 aromatic carbocycles. The van der Waals surface area contributed by atoms with Crippen LogP contribution in [0.25, 0.3) is 0 Å². The number of alkyl halides is 3. The minimum atomic E-state index is -4.50. The van der Waals surface area contributed by atoms with E-state index < -0.39 is 17.3 Å². The Balaban J connectivity index is 1.14. The average Bonchev–Trinajstić information content (AvgIpc) is 3.60. The van der Waals surface area contributed by atoms with Gasteiger partial charge in [0.25, 0.3) is 11.8 Å². The largest absolute Gasteiger partial charge is 0.416 e. The molecule has 220 valence electrons. The van der Waals surface area contributed by atoms with Gasteiger partial charge in [-0.3, -0.25) is 19.3 Å². The quantitative estimate of drug-likeness (QED) is 0.405. The van der Waals surface area contributed by atoms with Gasteiger partial charge in [-0.25, -0.2) is 0 Å². The second-order valence-electron chi connectivity index (χ2n) is 11.2. The number of imide groups is 1. The van der Waals surface area contributed by atoms with E-state index in [4.69, 9.17) is 0 Å². The molecule has 7 nitrogen and oxygen atoms in total. The zero-order valence-electron chi connectivity index (χ0n) is 22.8. The Labute approximate surface area is 245 Å². The highest BCUT2D eigenvalue weighted by atomic mass is 32.1. The first-order valence-corrected chi connectivity index (χ1v) is 14.9. The van der Waals surface area contributed by atoms with Gasteiger partial charge in [0.05, 0.1) is 40.4 Å². The predicted octanol–water partition coefficient (Wildman–Crippen LogP) is 5.29. The maximum Gasteiger partial charge on any atom is 0.416 e. The van der Waals surface area contributed by atoms with Crippen molar-refractivity contribution >= 4 is 34.7 Å². The summed E-state index contributed by atoms with van der Waals surface area (Å²) in [7, 11) is 0. The summed E-state index contributed by atoms with van der Waals surface area (Å²) in [5.74, 6) is -1.08. The minimum Gasteiger partial charge on any atom is -0.385 e. The zero-order valence-corrected chi connectivity index (χ0v) is 23.6. The summed E-state index contributed by atoms with van der Waals surface area (Å²) < 4.78 is 39.7. The van der Waals surface area contributed by atoms with Crippen molar-refractivity contribution in [1.82, 2.24) is 9.80 Å². The molecule has 3 aliphatic rings. The van der Waals surface area contributed by atoms with Crippen molar-refractivity contribution in [2.24, 2.45) is 5.92 Å². The maximum atomic E-state index is 13.6. The Bertz CT molecular complexity index is 1520. The number of carbonyl (C=O) groups excluding carboxylic acids is 3. The molecule has 11 heteroatoms. The van der Waals surface area contributed by atoms with Crippen LogP contribution < -0.4 is 4.90 Å². The number of benzene rings is 2. The Kier molecular flexibility index (Phi) is 7.34. The first kappa shape index (κ1) is 28.4. The summed E-state index contributed by atoms with van der Waals surface area (Å²) in [6.45, 7) is 1.69. The SMILES string of the molecule is O=C([C@H]1CCCN(c2cccc3c2C(=O)N(Cc2ccsc2)C3=O)C1)N1CCC(O)(c2cccc(C(F)(F)F)c2)CC1. The van der Waals surface area contributed by atoms with Crippen LogP contribution in [0, 0.1) is 5.92 Å². The number of amides is 3. The average molecular weight is 598 g/mol. The van der Waals surface area contributed by atoms with E-state index in [0.717, 1.165) is 24.1 Å². The molecule has 4 heterocycles. The summed E-state index contributed by atoms with van der Waals surface area (Å²) in [5.41, 5.74) is 0.231. The van der Waals surface area contributed by atoms with Crippen LogP contribution in [0.15, 0.2) is 59.3 Å². The fourth-order valence-corrected chi connectivity index (χ4v) is 6.97. The molecule has 1 aromatic heterocycles. The highest BCUT2D eigenvalue weighted by Gasteiger charge is 2.42. The molecule has 2 fully saturated rings. The standard InChI is InChI=1S/C31H30F3N3O4S/c32-31(33,34)23-6-1-5-22(16-23)30(41)10-13-35(14-11-30)27(38)21-4-3-12-36(18-21)25-8-2-7-24-26(25)29(40)37(28(24)39)17-20-9-15-42-19-20/h1-2,5-9,15-16,19,21,41H,3-4,10-14,17-18H2/t21-/m0/s1. The lowest BCUT2D eigenvalue weighted by molar-refractivity contribution is -0.140. The molecular formula is C31H30F3N3O4S. The van der Waals surface area contributed by atoms with Gasteiger partial charge in [-0.2, -0.15) is 24.5 Å². The van der Waals surface area contributed by atoms with Gasteiger partial charge in [-0.05, 0) is 77.9 Å². The zero-order chi connectivity index (χ0) is 29.6. The third kappa shape index (κ3) is 5.20. The summed E-state index contributed by atoms with van der Waals surface area (Å²) in [5, 5.41) is 15.0. The van der Waals surface area contributed by atoms with Crippen molar-refractivity contribution in [1.29, 1.82) is 0 Å². The first-order valence-electron chi connectivity index (χ1n) is 14.0. The van der Waals surface area contributed by atoms with Gasteiger partial charge in [-0.1, -0.05) is 18.2 Å². The van der Waals surface area contributed by atoms with Gasteiger partial charge in [0, 0.05) is 26.2 Å². The van der Waals surface area contributed by atoms with Crippen LogP contribution in [0.1, 0.15) is 63.1 Å². The lowest BCUT2D eigenvalue weighted by Gasteiger charge is -2.41. The van der Waals surface area contributed by atoms with Gasteiger partial charge in [0.2, 0.25) is 5.91 Å². The van der Waals surface area contributed by atoms with E-state index in [-0.39, 0.29) is 61.7 Å². The van der Waals surface area contributed by atoms with E-state index >= 15 is 0 Å². The number of halogens is 3. The number of hydrogen-bond acceptors (Lipinski definition) is 6. The van der Waals surface area contributed by atoms with Crippen LogP contribution in [0.2, 0.25) is 0 Å². The fourth-order valence-electron chi connectivity index (χ4n) is 6.31. The monoisotopic (exact) mass is 597 g/mol. The van der Waals surface area contributed by atoms with Crippen molar-refractivity contribution < 1.29 is 32.7 Å². The van der Waals surface area contributed by atoms with E-state index in [1.165, 1.54) is 28.4 Å². The molecule has 0 unspecified atom stereocenters. The van der Waals surface area contributed by atoms with Crippen LogP contribution in [-0.4, -0.2) is 58.8 Å². The Morgan fingerprint density at radius 3 is 2.50 bits per heavy atom. The van der Waals surface area contributed by atoms with E-state index in [9.17, 15) is 32.7 Å². The van der Waals surface area contributed by atoms with Crippen LogP contribution >= 0.6 is 11.3 Å².